The van der Waals surface area contributed by atoms with Crippen LogP contribution in [0.5, 0.6) is 0 Å². The molecule has 0 saturated carbocycles. The minimum absolute atomic E-state index is 0.0221. The zero-order valence-electron chi connectivity index (χ0n) is 21.5. The van der Waals surface area contributed by atoms with Crippen molar-refractivity contribution >= 4 is 23.3 Å². The lowest BCUT2D eigenvalue weighted by molar-refractivity contribution is -0.145. The van der Waals surface area contributed by atoms with Gasteiger partial charge >= 0.3 is 5.97 Å². The Morgan fingerprint density at radius 2 is 2.17 bits per heavy atom. The molecule has 0 aromatic carbocycles. The first-order chi connectivity index (χ1) is 17.4. The summed E-state index contributed by atoms with van der Waals surface area (Å²) >= 11 is 0. The van der Waals surface area contributed by atoms with Crippen molar-refractivity contribution in [1.29, 1.82) is 0 Å². The summed E-state index contributed by atoms with van der Waals surface area (Å²) in [5, 5.41) is 8.11. The van der Waals surface area contributed by atoms with Gasteiger partial charge in [0.05, 0.1) is 12.2 Å². The Bertz CT molecular complexity index is 1190. The van der Waals surface area contributed by atoms with E-state index in [1.54, 1.807) is 6.20 Å². The van der Waals surface area contributed by atoms with Crippen LogP contribution in [0.25, 0.3) is 5.65 Å². The normalized spacial score (nSPS) is 16.8. The van der Waals surface area contributed by atoms with E-state index in [1.807, 2.05) is 49.0 Å². The summed E-state index contributed by atoms with van der Waals surface area (Å²) in [6, 6.07) is 5.40. The van der Waals surface area contributed by atoms with Crippen LogP contribution in [0.4, 0.5) is 11.6 Å². The average molecular weight is 492 g/mol. The predicted octanol–water partition coefficient (Wildman–Crippen LogP) is 3.74. The van der Waals surface area contributed by atoms with E-state index >= 15 is 0 Å². The monoisotopic (exact) mass is 491 g/mol. The van der Waals surface area contributed by atoms with Crippen LogP contribution in [0.2, 0.25) is 0 Å². The SMILES string of the molecule is C=C(COC(=O)[C@H](N)C(C)C)[C@@H]1CCCCN1c1cc(NCc2cccnc2)n2ncc(CC)c2n1. The molecular weight excluding hydrogens is 454 g/mol. The number of anilines is 2. The quantitative estimate of drug-likeness (QED) is 0.326. The number of nitrogens with one attached hydrogen (secondary N) is 1. The first-order valence-electron chi connectivity index (χ1n) is 12.8. The first-order valence-corrected chi connectivity index (χ1v) is 12.8. The van der Waals surface area contributed by atoms with Gasteiger partial charge in [0.1, 0.15) is 24.3 Å². The van der Waals surface area contributed by atoms with Crippen LogP contribution in [0.15, 0.2) is 48.9 Å². The third-order valence-electron chi connectivity index (χ3n) is 6.77. The van der Waals surface area contributed by atoms with Gasteiger partial charge in [-0.25, -0.2) is 4.98 Å². The molecule has 4 heterocycles. The highest BCUT2D eigenvalue weighted by molar-refractivity contribution is 5.76. The second kappa shape index (κ2) is 11.5. The van der Waals surface area contributed by atoms with E-state index in [2.05, 4.69) is 33.8 Å². The third kappa shape index (κ3) is 5.67. The number of rotatable bonds is 10. The molecule has 0 amide bonds. The van der Waals surface area contributed by atoms with Crippen LogP contribution >= 0.6 is 0 Å². The van der Waals surface area contributed by atoms with Gasteiger partial charge in [-0.2, -0.15) is 9.61 Å². The molecule has 1 aliphatic heterocycles. The predicted molar refractivity (Wildman–Crippen MR) is 142 cm³/mol. The van der Waals surface area contributed by atoms with Crippen molar-refractivity contribution in [3.8, 4) is 0 Å². The van der Waals surface area contributed by atoms with Crippen molar-refractivity contribution in [2.24, 2.45) is 11.7 Å². The van der Waals surface area contributed by atoms with Crippen LogP contribution in [0, 0.1) is 5.92 Å². The van der Waals surface area contributed by atoms with Crippen molar-refractivity contribution < 1.29 is 9.53 Å². The number of nitrogens with two attached hydrogens (primary N) is 1. The number of piperidine rings is 1. The molecule has 3 aromatic rings. The fourth-order valence-corrected chi connectivity index (χ4v) is 4.47. The molecule has 1 saturated heterocycles. The molecule has 0 bridgehead atoms. The summed E-state index contributed by atoms with van der Waals surface area (Å²) in [4.78, 5) is 23.8. The minimum atomic E-state index is -0.632. The summed E-state index contributed by atoms with van der Waals surface area (Å²) in [5.41, 5.74) is 9.82. The fraction of sp³-hybridized carbons (Fsp3) is 0.481. The Labute approximate surface area is 212 Å². The lowest BCUT2D eigenvalue weighted by Gasteiger charge is -2.38. The highest BCUT2D eigenvalue weighted by Gasteiger charge is 2.28. The number of hydrogen-bond donors (Lipinski definition) is 2. The summed E-state index contributed by atoms with van der Waals surface area (Å²) in [6.07, 6.45) is 9.41. The topological polar surface area (TPSA) is 111 Å². The maximum absolute atomic E-state index is 12.3. The molecule has 3 aromatic heterocycles. The molecule has 2 atom stereocenters. The van der Waals surface area contributed by atoms with Gasteiger partial charge < -0.3 is 20.7 Å². The van der Waals surface area contributed by atoms with Gasteiger partial charge in [0.25, 0.3) is 0 Å². The van der Waals surface area contributed by atoms with E-state index in [4.69, 9.17) is 15.5 Å². The van der Waals surface area contributed by atoms with Crippen molar-refractivity contribution in [3.05, 3.63) is 60.1 Å². The van der Waals surface area contributed by atoms with Crippen LogP contribution < -0.4 is 16.0 Å². The summed E-state index contributed by atoms with van der Waals surface area (Å²) in [5.74, 6) is 1.36. The van der Waals surface area contributed by atoms with E-state index in [9.17, 15) is 4.79 Å². The number of aromatic nitrogens is 4. The fourth-order valence-electron chi connectivity index (χ4n) is 4.47. The molecule has 0 spiro atoms. The number of aryl methyl sites for hydroxylation is 1. The molecule has 4 rings (SSSR count). The molecule has 3 N–H and O–H groups in total. The van der Waals surface area contributed by atoms with E-state index in [-0.39, 0.29) is 24.5 Å². The highest BCUT2D eigenvalue weighted by Crippen LogP contribution is 2.30. The molecule has 192 valence electrons. The minimum Gasteiger partial charge on any atom is -0.460 e. The molecule has 1 aliphatic rings. The molecule has 0 radical (unpaired) electrons. The van der Waals surface area contributed by atoms with Crippen LogP contribution in [-0.2, 0) is 22.5 Å². The zero-order valence-corrected chi connectivity index (χ0v) is 21.5. The molecule has 9 heteroatoms. The average Bonchev–Trinajstić information content (AvgIpc) is 3.33. The third-order valence-corrected chi connectivity index (χ3v) is 6.77. The Balaban J connectivity index is 1.59. The highest BCUT2D eigenvalue weighted by atomic mass is 16.5. The largest absolute Gasteiger partial charge is 0.460 e. The van der Waals surface area contributed by atoms with E-state index < -0.39 is 6.04 Å². The van der Waals surface area contributed by atoms with Gasteiger partial charge in [0, 0.05) is 37.1 Å². The van der Waals surface area contributed by atoms with E-state index in [1.165, 1.54) is 0 Å². The molecule has 36 heavy (non-hydrogen) atoms. The van der Waals surface area contributed by atoms with Crippen molar-refractivity contribution in [2.45, 2.75) is 65.1 Å². The molecule has 1 fully saturated rings. The Kier molecular flexibility index (Phi) is 8.20. The number of carbonyl (C=O) groups excluding carboxylic acids is 1. The summed E-state index contributed by atoms with van der Waals surface area (Å²) < 4.78 is 7.39. The second-order valence-corrected chi connectivity index (χ2v) is 9.71. The van der Waals surface area contributed by atoms with Gasteiger partial charge in [-0.15, -0.1) is 0 Å². The number of ether oxygens (including phenoxy) is 1. The zero-order chi connectivity index (χ0) is 25.7. The van der Waals surface area contributed by atoms with E-state index in [0.717, 1.165) is 66.2 Å². The van der Waals surface area contributed by atoms with Crippen LogP contribution in [-0.4, -0.2) is 50.8 Å². The Morgan fingerprint density at radius 1 is 1.33 bits per heavy atom. The molecule has 0 unspecified atom stereocenters. The van der Waals surface area contributed by atoms with Gasteiger partial charge in [-0.1, -0.05) is 33.4 Å². The second-order valence-electron chi connectivity index (χ2n) is 9.71. The molecule has 9 nitrogen and oxygen atoms in total. The number of hydrogen-bond acceptors (Lipinski definition) is 8. The standard InChI is InChI=1S/C27H37N7O2/c1-5-21-16-31-34-23(30-15-20-9-8-11-29-14-20)13-24(32-26(21)34)33-12-7-6-10-22(33)19(4)17-36-27(35)25(28)18(2)3/h8-9,11,13-14,16,18,22,25,30H,4-7,10,12,15,17,28H2,1-3H3/t22-,25+/m0/s1. The Morgan fingerprint density at radius 3 is 2.89 bits per heavy atom. The van der Waals surface area contributed by atoms with Gasteiger partial charge in [-0.3, -0.25) is 9.78 Å². The summed E-state index contributed by atoms with van der Waals surface area (Å²) in [6.45, 7) is 11.8. The van der Waals surface area contributed by atoms with Crippen molar-refractivity contribution in [1.82, 2.24) is 19.6 Å². The number of pyridine rings is 1. The van der Waals surface area contributed by atoms with Gasteiger partial charge in [-0.05, 0) is 48.8 Å². The Hall–Kier alpha value is -3.46. The lowest BCUT2D eigenvalue weighted by Crippen LogP contribution is -2.43. The van der Waals surface area contributed by atoms with E-state index in [0.29, 0.717) is 6.54 Å². The van der Waals surface area contributed by atoms with Crippen molar-refractivity contribution in [2.75, 3.05) is 23.4 Å². The van der Waals surface area contributed by atoms with Gasteiger partial charge in [0.2, 0.25) is 0 Å². The maximum atomic E-state index is 12.3. The first kappa shape index (κ1) is 25.6. The number of carbonyl (C=O) groups is 1. The molecular formula is C27H37N7O2. The lowest BCUT2D eigenvalue weighted by atomic mass is 9.96. The smallest absolute Gasteiger partial charge is 0.323 e. The molecule has 0 aliphatic carbocycles. The number of nitrogens with zero attached hydrogens (tertiary/aromatic N) is 5. The van der Waals surface area contributed by atoms with Gasteiger partial charge in [0.15, 0.2) is 5.65 Å². The van der Waals surface area contributed by atoms with Crippen LogP contribution in [0.3, 0.4) is 0 Å². The van der Waals surface area contributed by atoms with Crippen LogP contribution in [0.1, 0.15) is 51.2 Å². The van der Waals surface area contributed by atoms with Crippen molar-refractivity contribution in [3.63, 3.8) is 0 Å². The summed E-state index contributed by atoms with van der Waals surface area (Å²) in [7, 11) is 0. The maximum Gasteiger partial charge on any atom is 0.323 e. The number of fused-ring (bicyclic) bond motifs is 1. The number of esters is 1.